The van der Waals surface area contributed by atoms with E-state index in [0.29, 0.717) is 13.1 Å². The van der Waals surface area contributed by atoms with Gasteiger partial charge in [-0.15, -0.1) is 0 Å². The Morgan fingerprint density at radius 3 is 2.61 bits per heavy atom. The molecule has 0 aliphatic carbocycles. The summed E-state index contributed by atoms with van der Waals surface area (Å²) in [5.74, 6) is 1.69. The molecule has 0 fully saturated rings. The number of nitrogens with one attached hydrogen (secondary N) is 1. The van der Waals surface area contributed by atoms with Crippen molar-refractivity contribution in [2.75, 3.05) is 6.54 Å². The summed E-state index contributed by atoms with van der Waals surface area (Å²) in [5.41, 5.74) is 1.04. The maximum atomic E-state index is 9.17. The molecule has 3 nitrogen and oxygen atoms in total. The van der Waals surface area contributed by atoms with Gasteiger partial charge in [-0.2, -0.15) is 5.26 Å². The number of nitrogens with zero attached hydrogens (tertiary/aromatic N) is 1. The Morgan fingerprint density at radius 1 is 1.22 bits per heavy atom. The summed E-state index contributed by atoms with van der Waals surface area (Å²) in [4.78, 5) is 0. The van der Waals surface area contributed by atoms with Crippen LogP contribution in [0.2, 0.25) is 0 Å². The first-order valence-electron chi connectivity index (χ1n) is 6.00. The smallest absolute Gasteiger partial charge is 0.117 e. The van der Waals surface area contributed by atoms with E-state index in [9.17, 15) is 0 Å². The molecule has 1 unspecified atom stereocenters. The molecule has 1 aromatic carbocycles. The van der Waals surface area contributed by atoms with Gasteiger partial charge in [0.25, 0.3) is 0 Å². The van der Waals surface area contributed by atoms with Gasteiger partial charge >= 0.3 is 0 Å². The summed E-state index contributed by atoms with van der Waals surface area (Å²) < 4.78 is 5.46. The minimum atomic E-state index is -0.123. The largest absolute Gasteiger partial charge is 0.465 e. The van der Waals surface area contributed by atoms with Crippen molar-refractivity contribution in [2.24, 2.45) is 0 Å². The maximum absolute atomic E-state index is 9.17. The van der Waals surface area contributed by atoms with Gasteiger partial charge in [0.15, 0.2) is 0 Å². The molecule has 1 heterocycles. The highest BCUT2D eigenvalue weighted by molar-refractivity contribution is 5.25. The molecule has 0 aliphatic rings. The summed E-state index contributed by atoms with van der Waals surface area (Å²) in [7, 11) is 0. The number of hydrogen-bond acceptors (Lipinski definition) is 3. The number of rotatable bonds is 5. The lowest BCUT2D eigenvalue weighted by atomic mass is 10.0. The zero-order valence-electron chi connectivity index (χ0n) is 10.4. The molecule has 1 aromatic heterocycles. The lowest BCUT2D eigenvalue weighted by Crippen LogP contribution is -2.20. The molecule has 0 saturated heterocycles. The van der Waals surface area contributed by atoms with Crippen LogP contribution >= 0.6 is 0 Å². The molecule has 0 aliphatic heterocycles. The molecule has 1 atom stereocenters. The average molecular weight is 240 g/mol. The van der Waals surface area contributed by atoms with Crippen molar-refractivity contribution in [2.45, 2.75) is 19.4 Å². The van der Waals surface area contributed by atoms with Gasteiger partial charge in [-0.05, 0) is 24.6 Å². The number of hydrogen-bond donors (Lipinski definition) is 1. The lowest BCUT2D eigenvalue weighted by molar-refractivity contribution is 0.460. The predicted molar refractivity (Wildman–Crippen MR) is 69.9 cm³/mol. The normalized spacial score (nSPS) is 12.0. The summed E-state index contributed by atoms with van der Waals surface area (Å²) in [6.45, 7) is 3.20. The third-order valence-corrected chi connectivity index (χ3v) is 2.80. The quantitative estimate of drug-likeness (QED) is 0.874. The lowest BCUT2D eigenvalue weighted by Gasteiger charge is -2.09. The van der Waals surface area contributed by atoms with Crippen LogP contribution in [0.3, 0.4) is 0 Å². The van der Waals surface area contributed by atoms with E-state index in [1.54, 1.807) is 0 Å². The Hall–Kier alpha value is -2.05. The summed E-state index contributed by atoms with van der Waals surface area (Å²) in [5, 5.41) is 12.4. The molecule has 0 bridgehead atoms. The summed E-state index contributed by atoms with van der Waals surface area (Å²) in [6.07, 6.45) is 0. The van der Waals surface area contributed by atoms with Crippen molar-refractivity contribution < 1.29 is 4.42 Å². The van der Waals surface area contributed by atoms with Crippen molar-refractivity contribution in [1.29, 1.82) is 5.26 Å². The first-order valence-corrected chi connectivity index (χ1v) is 6.00. The molecule has 2 aromatic rings. The molecular formula is C15H16N2O. The summed E-state index contributed by atoms with van der Waals surface area (Å²) in [6, 6.07) is 16.0. The zero-order chi connectivity index (χ0) is 12.8. The van der Waals surface area contributed by atoms with Crippen LogP contribution in [0, 0.1) is 18.3 Å². The van der Waals surface area contributed by atoms with Gasteiger partial charge in [-0.3, -0.25) is 0 Å². The standard InChI is InChI=1S/C15H16N2O/c1-12-7-8-15(18-12)11-17-10-14(9-16)13-5-3-2-4-6-13/h2-8,14,17H,10-11H2,1H3. The monoisotopic (exact) mass is 240 g/mol. The fourth-order valence-electron chi connectivity index (χ4n) is 1.84. The van der Waals surface area contributed by atoms with E-state index in [1.165, 1.54) is 0 Å². The molecule has 3 heteroatoms. The molecule has 0 spiro atoms. The Labute approximate surface area is 107 Å². The van der Waals surface area contributed by atoms with E-state index in [0.717, 1.165) is 17.1 Å². The van der Waals surface area contributed by atoms with Crippen LogP contribution < -0.4 is 5.32 Å². The second-order valence-corrected chi connectivity index (χ2v) is 4.24. The SMILES string of the molecule is Cc1ccc(CNCC(C#N)c2ccccc2)o1. The third-order valence-electron chi connectivity index (χ3n) is 2.80. The third kappa shape index (κ3) is 3.22. The van der Waals surface area contributed by atoms with Gasteiger partial charge in [-0.1, -0.05) is 30.3 Å². The topological polar surface area (TPSA) is 49.0 Å². The van der Waals surface area contributed by atoms with Crippen molar-refractivity contribution in [3.05, 3.63) is 59.5 Å². The van der Waals surface area contributed by atoms with Gasteiger partial charge in [0.05, 0.1) is 18.5 Å². The van der Waals surface area contributed by atoms with Crippen LogP contribution in [0.25, 0.3) is 0 Å². The van der Waals surface area contributed by atoms with Crippen LogP contribution in [0.5, 0.6) is 0 Å². The van der Waals surface area contributed by atoms with E-state index in [4.69, 9.17) is 9.68 Å². The average Bonchev–Trinajstić information content (AvgIpc) is 2.81. The Bertz CT molecular complexity index is 525. The molecule has 18 heavy (non-hydrogen) atoms. The van der Waals surface area contributed by atoms with E-state index in [-0.39, 0.29) is 5.92 Å². The van der Waals surface area contributed by atoms with Crippen molar-refractivity contribution in [3.63, 3.8) is 0 Å². The van der Waals surface area contributed by atoms with E-state index >= 15 is 0 Å². The number of benzene rings is 1. The maximum Gasteiger partial charge on any atom is 0.117 e. The highest BCUT2D eigenvalue weighted by Gasteiger charge is 2.09. The first-order chi connectivity index (χ1) is 8.79. The van der Waals surface area contributed by atoms with Crippen LogP contribution in [-0.2, 0) is 6.54 Å². The van der Waals surface area contributed by atoms with Gasteiger partial charge in [-0.25, -0.2) is 0 Å². The fraction of sp³-hybridized carbons (Fsp3) is 0.267. The van der Waals surface area contributed by atoms with Crippen molar-refractivity contribution in [3.8, 4) is 6.07 Å². The van der Waals surface area contributed by atoms with Crippen LogP contribution in [-0.4, -0.2) is 6.54 Å². The van der Waals surface area contributed by atoms with Crippen LogP contribution in [0.4, 0.5) is 0 Å². The molecular weight excluding hydrogens is 224 g/mol. The Balaban J connectivity index is 1.87. The van der Waals surface area contributed by atoms with E-state index in [1.807, 2.05) is 49.4 Å². The van der Waals surface area contributed by atoms with Crippen LogP contribution in [0.15, 0.2) is 46.9 Å². The fourth-order valence-corrected chi connectivity index (χ4v) is 1.84. The highest BCUT2D eigenvalue weighted by Crippen LogP contribution is 2.13. The van der Waals surface area contributed by atoms with E-state index < -0.39 is 0 Å². The second-order valence-electron chi connectivity index (χ2n) is 4.24. The minimum Gasteiger partial charge on any atom is -0.465 e. The van der Waals surface area contributed by atoms with Crippen LogP contribution in [0.1, 0.15) is 23.0 Å². The Kier molecular flexibility index (Phi) is 4.16. The molecule has 2 rings (SSSR count). The van der Waals surface area contributed by atoms with Crippen molar-refractivity contribution in [1.82, 2.24) is 5.32 Å². The molecule has 1 N–H and O–H groups in total. The zero-order valence-corrected chi connectivity index (χ0v) is 10.4. The van der Waals surface area contributed by atoms with Gasteiger partial charge in [0.1, 0.15) is 11.5 Å². The molecule has 92 valence electrons. The summed E-state index contributed by atoms with van der Waals surface area (Å²) >= 11 is 0. The highest BCUT2D eigenvalue weighted by atomic mass is 16.3. The molecule has 0 saturated carbocycles. The van der Waals surface area contributed by atoms with Gasteiger partial charge in [0, 0.05) is 6.54 Å². The van der Waals surface area contributed by atoms with Crippen molar-refractivity contribution >= 4 is 0 Å². The van der Waals surface area contributed by atoms with Gasteiger partial charge < -0.3 is 9.73 Å². The predicted octanol–water partition coefficient (Wildman–Crippen LogP) is 2.99. The van der Waals surface area contributed by atoms with Gasteiger partial charge in [0.2, 0.25) is 0 Å². The molecule has 0 amide bonds. The number of furan rings is 1. The first kappa shape index (κ1) is 12.4. The number of aryl methyl sites for hydroxylation is 1. The molecule has 0 radical (unpaired) electrons. The minimum absolute atomic E-state index is 0.123. The second kappa shape index (κ2) is 6.04. The van der Waals surface area contributed by atoms with E-state index in [2.05, 4.69) is 11.4 Å². The Morgan fingerprint density at radius 2 is 2.00 bits per heavy atom. The number of nitriles is 1.